The van der Waals surface area contributed by atoms with Crippen molar-refractivity contribution in [2.24, 2.45) is 11.1 Å². The van der Waals surface area contributed by atoms with E-state index in [0.29, 0.717) is 11.8 Å². The zero-order chi connectivity index (χ0) is 13.8. The molecule has 18 heavy (non-hydrogen) atoms. The second-order valence-electron chi connectivity index (χ2n) is 5.23. The maximum absolute atomic E-state index is 11.9. The summed E-state index contributed by atoms with van der Waals surface area (Å²) in [5, 5.41) is 3.44. The van der Waals surface area contributed by atoms with Gasteiger partial charge in [0.05, 0.1) is 5.41 Å². The molecular formula is C14H22N2OS. The summed E-state index contributed by atoms with van der Waals surface area (Å²) in [5.74, 6) is -0.0470. The number of nitrogens with one attached hydrogen (secondary N) is 1. The van der Waals surface area contributed by atoms with E-state index in [4.69, 9.17) is 5.73 Å². The number of nitrogens with two attached hydrogens (primary N) is 1. The molecule has 0 unspecified atom stereocenters. The Morgan fingerprint density at radius 2 is 1.89 bits per heavy atom. The van der Waals surface area contributed by atoms with E-state index in [-0.39, 0.29) is 5.91 Å². The minimum absolute atomic E-state index is 0.0470. The summed E-state index contributed by atoms with van der Waals surface area (Å²) >= 11 is 1.80. The lowest BCUT2D eigenvalue weighted by Gasteiger charge is -2.21. The molecular weight excluding hydrogens is 244 g/mol. The van der Waals surface area contributed by atoms with Crippen LogP contribution in [0.2, 0.25) is 0 Å². The van der Waals surface area contributed by atoms with Crippen LogP contribution in [0.3, 0.4) is 0 Å². The molecule has 1 rings (SSSR count). The molecule has 0 spiro atoms. The van der Waals surface area contributed by atoms with Gasteiger partial charge in [0.2, 0.25) is 5.91 Å². The van der Waals surface area contributed by atoms with Gasteiger partial charge in [0.25, 0.3) is 0 Å². The SMILES string of the molecule is CC(C)Sc1ccc(NC(=O)C(C)(C)CN)cc1. The lowest BCUT2D eigenvalue weighted by Crippen LogP contribution is -2.37. The highest BCUT2D eigenvalue weighted by molar-refractivity contribution is 7.99. The monoisotopic (exact) mass is 266 g/mol. The molecule has 0 fully saturated rings. The first-order chi connectivity index (χ1) is 8.35. The molecule has 0 atom stereocenters. The van der Waals surface area contributed by atoms with Crippen LogP contribution in [0.15, 0.2) is 29.2 Å². The van der Waals surface area contributed by atoms with Crippen molar-refractivity contribution in [3.63, 3.8) is 0 Å². The van der Waals surface area contributed by atoms with Crippen molar-refractivity contribution in [2.45, 2.75) is 37.8 Å². The van der Waals surface area contributed by atoms with Gasteiger partial charge in [0.15, 0.2) is 0 Å². The summed E-state index contributed by atoms with van der Waals surface area (Å²) in [6.07, 6.45) is 0. The molecule has 100 valence electrons. The third-order valence-electron chi connectivity index (χ3n) is 2.61. The van der Waals surface area contributed by atoms with Crippen molar-refractivity contribution in [1.82, 2.24) is 0 Å². The first kappa shape index (κ1) is 15.1. The fourth-order valence-corrected chi connectivity index (χ4v) is 2.12. The van der Waals surface area contributed by atoms with E-state index in [2.05, 4.69) is 19.2 Å². The van der Waals surface area contributed by atoms with Gasteiger partial charge in [-0.3, -0.25) is 4.79 Å². The molecule has 0 heterocycles. The summed E-state index contributed by atoms with van der Waals surface area (Å²) in [6.45, 7) is 8.32. The molecule has 0 aliphatic carbocycles. The third-order valence-corrected chi connectivity index (χ3v) is 3.62. The fourth-order valence-electron chi connectivity index (χ4n) is 1.28. The number of benzene rings is 1. The Hall–Kier alpha value is -1.00. The standard InChI is InChI=1S/C14H22N2OS/c1-10(2)18-12-7-5-11(6-8-12)16-13(17)14(3,4)9-15/h5-8,10H,9,15H2,1-4H3,(H,16,17). The summed E-state index contributed by atoms with van der Waals surface area (Å²) in [5.41, 5.74) is 5.85. The Morgan fingerprint density at radius 1 is 1.33 bits per heavy atom. The lowest BCUT2D eigenvalue weighted by molar-refractivity contribution is -0.123. The highest BCUT2D eigenvalue weighted by atomic mass is 32.2. The Kier molecular flexibility index (Phi) is 5.23. The Bertz CT molecular complexity index is 399. The number of carbonyl (C=O) groups excluding carboxylic acids is 1. The van der Waals surface area contributed by atoms with E-state index < -0.39 is 5.41 Å². The summed E-state index contributed by atoms with van der Waals surface area (Å²) in [7, 11) is 0. The quantitative estimate of drug-likeness (QED) is 0.805. The number of thioether (sulfide) groups is 1. The Labute approximate surface area is 114 Å². The number of hydrogen-bond donors (Lipinski definition) is 2. The first-order valence-electron chi connectivity index (χ1n) is 6.13. The zero-order valence-corrected chi connectivity index (χ0v) is 12.3. The van der Waals surface area contributed by atoms with Gasteiger partial charge in [-0.15, -0.1) is 11.8 Å². The second kappa shape index (κ2) is 6.25. The van der Waals surface area contributed by atoms with Crippen molar-refractivity contribution in [3.05, 3.63) is 24.3 Å². The van der Waals surface area contributed by atoms with E-state index in [1.807, 2.05) is 38.1 Å². The maximum Gasteiger partial charge on any atom is 0.231 e. The molecule has 3 nitrogen and oxygen atoms in total. The van der Waals surface area contributed by atoms with Gasteiger partial charge in [-0.25, -0.2) is 0 Å². The molecule has 4 heteroatoms. The Morgan fingerprint density at radius 3 is 2.33 bits per heavy atom. The zero-order valence-electron chi connectivity index (χ0n) is 11.5. The van der Waals surface area contributed by atoms with Crippen molar-refractivity contribution in [1.29, 1.82) is 0 Å². The van der Waals surface area contributed by atoms with Crippen molar-refractivity contribution in [3.8, 4) is 0 Å². The minimum atomic E-state index is -0.536. The normalized spacial score (nSPS) is 11.7. The van der Waals surface area contributed by atoms with Gasteiger partial charge in [0, 0.05) is 22.4 Å². The predicted molar refractivity (Wildman–Crippen MR) is 78.9 cm³/mol. The highest BCUT2D eigenvalue weighted by Gasteiger charge is 2.25. The third kappa shape index (κ3) is 4.35. The molecule has 0 saturated heterocycles. The topological polar surface area (TPSA) is 55.1 Å². The summed E-state index contributed by atoms with van der Waals surface area (Å²) in [4.78, 5) is 13.1. The van der Waals surface area contributed by atoms with E-state index >= 15 is 0 Å². The summed E-state index contributed by atoms with van der Waals surface area (Å²) in [6, 6.07) is 7.90. The van der Waals surface area contributed by atoms with Crippen LogP contribution < -0.4 is 11.1 Å². The van der Waals surface area contributed by atoms with Crippen LogP contribution in [-0.4, -0.2) is 17.7 Å². The molecule has 0 radical (unpaired) electrons. The van der Waals surface area contributed by atoms with Gasteiger partial charge in [0.1, 0.15) is 0 Å². The smallest absolute Gasteiger partial charge is 0.231 e. The number of hydrogen-bond acceptors (Lipinski definition) is 3. The van der Waals surface area contributed by atoms with Gasteiger partial charge in [-0.05, 0) is 38.1 Å². The molecule has 1 amide bonds. The number of anilines is 1. The average molecular weight is 266 g/mol. The molecule has 1 aromatic carbocycles. The van der Waals surface area contributed by atoms with Crippen molar-refractivity contribution >= 4 is 23.4 Å². The molecule has 0 bridgehead atoms. The van der Waals surface area contributed by atoms with Gasteiger partial charge in [-0.2, -0.15) is 0 Å². The molecule has 0 aliphatic heterocycles. The minimum Gasteiger partial charge on any atom is -0.329 e. The van der Waals surface area contributed by atoms with Crippen molar-refractivity contribution in [2.75, 3.05) is 11.9 Å². The number of rotatable bonds is 5. The number of amides is 1. The second-order valence-corrected chi connectivity index (χ2v) is 6.88. The molecule has 0 aromatic heterocycles. The van der Waals surface area contributed by atoms with Gasteiger partial charge < -0.3 is 11.1 Å². The average Bonchev–Trinajstić information content (AvgIpc) is 2.31. The molecule has 0 saturated carbocycles. The van der Waals surface area contributed by atoms with Crippen LogP contribution in [0.5, 0.6) is 0 Å². The van der Waals surface area contributed by atoms with Crippen LogP contribution in [0.1, 0.15) is 27.7 Å². The van der Waals surface area contributed by atoms with Crippen LogP contribution in [-0.2, 0) is 4.79 Å². The maximum atomic E-state index is 11.9. The van der Waals surface area contributed by atoms with E-state index in [1.54, 1.807) is 11.8 Å². The molecule has 0 aliphatic rings. The molecule has 1 aromatic rings. The highest BCUT2D eigenvalue weighted by Crippen LogP contribution is 2.25. The van der Waals surface area contributed by atoms with E-state index in [1.165, 1.54) is 4.90 Å². The Balaban J connectivity index is 2.67. The van der Waals surface area contributed by atoms with Gasteiger partial charge in [-0.1, -0.05) is 13.8 Å². The van der Waals surface area contributed by atoms with Gasteiger partial charge >= 0.3 is 0 Å². The van der Waals surface area contributed by atoms with E-state index in [9.17, 15) is 4.79 Å². The van der Waals surface area contributed by atoms with Crippen LogP contribution >= 0.6 is 11.8 Å². The largest absolute Gasteiger partial charge is 0.329 e. The van der Waals surface area contributed by atoms with Crippen LogP contribution in [0.25, 0.3) is 0 Å². The fraction of sp³-hybridized carbons (Fsp3) is 0.500. The first-order valence-corrected chi connectivity index (χ1v) is 7.01. The lowest BCUT2D eigenvalue weighted by atomic mass is 9.92. The predicted octanol–water partition coefficient (Wildman–Crippen LogP) is 3.11. The number of carbonyl (C=O) groups is 1. The van der Waals surface area contributed by atoms with Crippen LogP contribution in [0.4, 0.5) is 5.69 Å². The molecule has 3 N–H and O–H groups in total. The van der Waals surface area contributed by atoms with Crippen molar-refractivity contribution < 1.29 is 4.79 Å². The summed E-state index contributed by atoms with van der Waals surface area (Å²) < 4.78 is 0. The van der Waals surface area contributed by atoms with E-state index in [0.717, 1.165) is 5.69 Å². The van der Waals surface area contributed by atoms with Crippen LogP contribution in [0, 0.1) is 5.41 Å².